The van der Waals surface area contributed by atoms with Crippen LogP contribution in [0.3, 0.4) is 0 Å². The fourth-order valence-corrected chi connectivity index (χ4v) is 8.57. The number of rotatable bonds is 57. The number of carbonyl (C=O) groups is 3. The fraction of sp³-hybridized carbons (Fsp3) is 0.630. The average Bonchev–Trinajstić information content (AvgIpc) is 3.45. The molecule has 0 amide bonds. The van der Waals surface area contributed by atoms with E-state index in [2.05, 4.69) is 167 Å². The van der Waals surface area contributed by atoms with Crippen LogP contribution in [0.1, 0.15) is 278 Å². The minimum absolute atomic E-state index is 0.0902. The highest BCUT2D eigenvalue weighted by molar-refractivity contribution is 5.71. The summed E-state index contributed by atoms with van der Waals surface area (Å²) in [7, 11) is 0. The second kappa shape index (κ2) is 65.8. The van der Waals surface area contributed by atoms with Crippen LogP contribution in [-0.2, 0) is 28.6 Å². The predicted octanol–water partition coefficient (Wildman–Crippen LogP) is 22.3. The Morgan fingerprint density at radius 3 is 0.772 bits per heavy atom. The molecule has 0 aliphatic heterocycles. The number of allylic oxidation sites excluding steroid dienone is 24. The number of unbranched alkanes of at least 4 members (excludes halogenated alkanes) is 22. The highest BCUT2D eigenvalue weighted by Gasteiger charge is 2.19. The lowest BCUT2D eigenvalue weighted by atomic mass is 10.0. The van der Waals surface area contributed by atoms with Crippen LogP contribution < -0.4 is 0 Å². The zero-order chi connectivity index (χ0) is 57.1. The quantitative estimate of drug-likeness (QED) is 0.0261. The van der Waals surface area contributed by atoms with Gasteiger partial charge in [-0.15, -0.1) is 0 Å². The standard InChI is InChI=1S/C73H118O6/c1-4-7-10-13-15-17-19-21-23-25-27-29-31-33-35-36-38-39-41-43-45-47-49-51-53-55-57-60-63-66-72(75)78-69-70(68-77-71(74)65-62-59-12-9-6-3)79-73(76)67-64-61-58-56-54-52-50-48-46-44-42-40-37-34-32-30-28-26-24-22-20-18-16-14-11-8-5-2/h7-8,10-11,15-18,21-24,27-30,33-35,37,42,44,48,50,70H,4-6,9,12-14,19-20,25-26,31-32,36,38-41,43,45-47,49,51-69H2,1-3H3/b10-7-,11-8-,17-15-,18-16-,23-21-,24-22-,29-27-,30-28-,35-33-,37-34-,44-42-,50-48-. The molecule has 1 unspecified atom stereocenters. The smallest absolute Gasteiger partial charge is 0.306 e. The number of hydrogen-bond donors (Lipinski definition) is 0. The van der Waals surface area contributed by atoms with Gasteiger partial charge in [-0.25, -0.2) is 0 Å². The van der Waals surface area contributed by atoms with E-state index in [1.54, 1.807) is 0 Å². The molecule has 446 valence electrons. The van der Waals surface area contributed by atoms with Gasteiger partial charge < -0.3 is 14.2 Å². The number of ether oxygens (including phenoxy) is 3. The second-order valence-corrected chi connectivity index (χ2v) is 20.9. The summed E-state index contributed by atoms with van der Waals surface area (Å²) in [4.78, 5) is 38.0. The van der Waals surface area contributed by atoms with Gasteiger partial charge in [0.1, 0.15) is 13.2 Å². The highest BCUT2D eigenvalue weighted by Crippen LogP contribution is 2.15. The molecule has 0 aliphatic rings. The molecule has 0 fully saturated rings. The summed E-state index contributed by atoms with van der Waals surface area (Å²) in [5, 5.41) is 0. The van der Waals surface area contributed by atoms with Gasteiger partial charge >= 0.3 is 17.9 Å². The number of carbonyl (C=O) groups excluding carboxylic acids is 3. The molecule has 0 spiro atoms. The van der Waals surface area contributed by atoms with E-state index in [-0.39, 0.29) is 31.1 Å². The van der Waals surface area contributed by atoms with Crippen molar-refractivity contribution in [1.29, 1.82) is 0 Å². The second-order valence-electron chi connectivity index (χ2n) is 20.9. The lowest BCUT2D eigenvalue weighted by molar-refractivity contribution is -0.167. The average molecular weight is 1090 g/mol. The molecule has 0 bridgehead atoms. The lowest BCUT2D eigenvalue weighted by Gasteiger charge is -2.18. The van der Waals surface area contributed by atoms with E-state index in [9.17, 15) is 14.4 Å². The molecule has 0 aromatic carbocycles. The third-order valence-electron chi connectivity index (χ3n) is 13.3. The Morgan fingerprint density at radius 2 is 0.494 bits per heavy atom. The maximum absolute atomic E-state index is 12.8. The summed E-state index contributed by atoms with van der Waals surface area (Å²) in [5.74, 6) is -0.925. The van der Waals surface area contributed by atoms with Crippen LogP contribution >= 0.6 is 0 Å². The van der Waals surface area contributed by atoms with E-state index in [1.807, 2.05) is 0 Å². The van der Waals surface area contributed by atoms with Crippen molar-refractivity contribution in [2.45, 2.75) is 284 Å². The molecule has 0 N–H and O–H groups in total. The van der Waals surface area contributed by atoms with Crippen molar-refractivity contribution in [3.05, 3.63) is 146 Å². The van der Waals surface area contributed by atoms with Gasteiger partial charge in [0.25, 0.3) is 0 Å². The normalized spacial score (nSPS) is 13.1. The third kappa shape index (κ3) is 64.0. The Bertz CT molecular complexity index is 1730. The Kier molecular flexibility index (Phi) is 61.9. The number of esters is 3. The van der Waals surface area contributed by atoms with Crippen LogP contribution in [0.5, 0.6) is 0 Å². The van der Waals surface area contributed by atoms with Crippen molar-refractivity contribution in [2.24, 2.45) is 0 Å². The Hall–Kier alpha value is -4.71. The first-order valence-electron chi connectivity index (χ1n) is 32.3. The van der Waals surface area contributed by atoms with E-state index < -0.39 is 6.10 Å². The molecule has 6 heteroatoms. The predicted molar refractivity (Wildman–Crippen MR) is 343 cm³/mol. The van der Waals surface area contributed by atoms with Gasteiger partial charge in [-0.2, -0.15) is 0 Å². The van der Waals surface area contributed by atoms with E-state index in [0.29, 0.717) is 19.3 Å². The first kappa shape index (κ1) is 74.3. The maximum atomic E-state index is 12.8. The minimum Gasteiger partial charge on any atom is -0.462 e. The first-order valence-corrected chi connectivity index (χ1v) is 32.3. The summed E-state index contributed by atoms with van der Waals surface area (Å²) in [6.45, 7) is 6.31. The molecule has 0 rings (SSSR count). The maximum Gasteiger partial charge on any atom is 0.306 e. The van der Waals surface area contributed by atoms with Crippen LogP contribution in [0.15, 0.2) is 146 Å². The van der Waals surface area contributed by atoms with Gasteiger partial charge in [0.2, 0.25) is 0 Å². The molecule has 0 heterocycles. The topological polar surface area (TPSA) is 78.9 Å². The molecule has 0 radical (unpaired) electrons. The van der Waals surface area contributed by atoms with Crippen LogP contribution in [0.4, 0.5) is 0 Å². The van der Waals surface area contributed by atoms with Crippen molar-refractivity contribution in [2.75, 3.05) is 13.2 Å². The van der Waals surface area contributed by atoms with Crippen LogP contribution in [0, 0.1) is 0 Å². The Morgan fingerprint density at radius 1 is 0.266 bits per heavy atom. The van der Waals surface area contributed by atoms with Crippen LogP contribution in [-0.4, -0.2) is 37.2 Å². The summed E-state index contributed by atoms with van der Waals surface area (Å²) in [5.41, 5.74) is 0. The molecular weight excluding hydrogens is 973 g/mol. The van der Waals surface area contributed by atoms with E-state index in [1.165, 1.54) is 70.6 Å². The summed E-state index contributed by atoms with van der Waals surface area (Å²) >= 11 is 0. The van der Waals surface area contributed by atoms with Gasteiger partial charge in [-0.3, -0.25) is 14.4 Å². The van der Waals surface area contributed by atoms with Crippen molar-refractivity contribution in [3.63, 3.8) is 0 Å². The van der Waals surface area contributed by atoms with Gasteiger partial charge in [0.15, 0.2) is 6.10 Å². The molecule has 0 aliphatic carbocycles. The van der Waals surface area contributed by atoms with E-state index >= 15 is 0 Å². The summed E-state index contributed by atoms with van der Waals surface area (Å²) in [6.07, 6.45) is 94.7. The molecule has 79 heavy (non-hydrogen) atoms. The zero-order valence-electron chi connectivity index (χ0n) is 51.1. The minimum atomic E-state index is -0.791. The third-order valence-corrected chi connectivity index (χ3v) is 13.3. The molecule has 6 nitrogen and oxygen atoms in total. The Balaban J connectivity index is 4.11. The molecular formula is C73H118O6. The summed E-state index contributed by atoms with van der Waals surface area (Å²) in [6, 6.07) is 0. The van der Waals surface area contributed by atoms with Crippen molar-refractivity contribution in [3.8, 4) is 0 Å². The van der Waals surface area contributed by atoms with Gasteiger partial charge in [0.05, 0.1) is 0 Å². The molecule has 1 atom stereocenters. The molecule has 0 aromatic rings. The SMILES string of the molecule is CC/C=C\C/C=C\C/C=C\C/C=C\C/C=C\C/C=C\C/C=C\CCCCCCCC(=O)OC(COC(=O)CCCCCCC)COC(=O)CCCCCCCCCCCCCCC/C=C\C/C=C\C/C=C\C/C=C\C/C=C\CC. The zero-order valence-corrected chi connectivity index (χ0v) is 51.1. The number of hydrogen-bond acceptors (Lipinski definition) is 6. The monoisotopic (exact) mass is 1090 g/mol. The Labute approximate surface area is 487 Å². The first-order chi connectivity index (χ1) is 39.0. The van der Waals surface area contributed by atoms with Gasteiger partial charge in [0, 0.05) is 19.3 Å². The van der Waals surface area contributed by atoms with Crippen molar-refractivity contribution >= 4 is 17.9 Å². The molecule has 0 saturated heterocycles. The largest absolute Gasteiger partial charge is 0.462 e. The highest BCUT2D eigenvalue weighted by atomic mass is 16.6. The van der Waals surface area contributed by atoms with Crippen LogP contribution in [0.25, 0.3) is 0 Å². The van der Waals surface area contributed by atoms with Crippen LogP contribution in [0.2, 0.25) is 0 Å². The van der Waals surface area contributed by atoms with Gasteiger partial charge in [-0.05, 0) is 122 Å². The van der Waals surface area contributed by atoms with E-state index in [4.69, 9.17) is 14.2 Å². The molecule has 0 aromatic heterocycles. The molecule has 0 saturated carbocycles. The van der Waals surface area contributed by atoms with Crippen molar-refractivity contribution in [1.82, 2.24) is 0 Å². The van der Waals surface area contributed by atoms with Gasteiger partial charge in [-0.1, -0.05) is 282 Å². The summed E-state index contributed by atoms with van der Waals surface area (Å²) < 4.78 is 16.8. The van der Waals surface area contributed by atoms with E-state index in [0.717, 1.165) is 167 Å². The van der Waals surface area contributed by atoms with Crippen molar-refractivity contribution < 1.29 is 28.6 Å². The lowest BCUT2D eigenvalue weighted by Crippen LogP contribution is -2.30. The fourth-order valence-electron chi connectivity index (χ4n) is 8.57.